The number of nitrogens with zero attached hydrogens (tertiary/aromatic N) is 3. The summed E-state index contributed by atoms with van der Waals surface area (Å²) in [6.45, 7) is 0.0381. The van der Waals surface area contributed by atoms with E-state index in [9.17, 15) is 18.0 Å². The van der Waals surface area contributed by atoms with Gasteiger partial charge in [0.25, 0.3) is 0 Å². The number of ether oxygens (including phenoxy) is 1. The van der Waals surface area contributed by atoms with Crippen LogP contribution in [0.5, 0.6) is 0 Å². The lowest BCUT2D eigenvalue weighted by Gasteiger charge is -2.06. The van der Waals surface area contributed by atoms with E-state index in [-0.39, 0.29) is 29.7 Å². The first-order chi connectivity index (χ1) is 11.8. The standard InChI is InChI=1S/C13H16N6O5S/c1-24-13(21)17-11-7-16-19(18-11)8-12(20)15-6-9-2-4-10(5-3-9)25(14,22)23/h2-5,7H,6,8H2,1H3,(H,15,20)(H2,14,22,23)(H,17,18,21). The zero-order chi connectivity index (χ0) is 18.4. The lowest BCUT2D eigenvalue weighted by Crippen LogP contribution is -2.28. The Morgan fingerprint density at radius 3 is 2.56 bits per heavy atom. The zero-order valence-corrected chi connectivity index (χ0v) is 14.0. The first-order valence-corrected chi connectivity index (χ1v) is 8.46. The molecular weight excluding hydrogens is 352 g/mol. The van der Waals surface area contributed by atoms with Crippen LogP contribution in [0.3, 0.4) is 0 Å². The quantitative estimate of drug-likeness (QED) is 0.615. The number of primary sulfonamides is 1. The van der Waals surface area contributed by atoms with Crippen LogP contribution >= 0.6 is 0 Å². The number of nitrogens with two attached hydrogens (primary N) is 1. The van der Waals surface area contributed by atoms with E-state index >= 15 is 0 Å². The van der Waals surface area contributed by atoms with E-state index in [0.717, 1.165) is 4.80 Å². The van der Waals surface area contributed by atoms with Gasteiger partial charge in [-0.25, -0.2) is 18.4 Å². The topological polar surface area (TPSA) is 158 Å². The molecule has 0 radical (unpaired) electrons. The number of methoxy groups -OCH3 is 1. The number of carbonyl (C=O) groups excluding carboxylic acids is 2. The Morgan fingerprint density at radius 1 is 1.28 bits per heavy atom. The van der Waals surface area contributed by atoms with Crippen LogP contribution in [0.2, 0.25) is 0 Å². The molecule has 0 aliphatic carbocycles. The summed E-state index contributed by atoms with van der Waals surface area (Å²) in [6.07, 6.45) is 0.579. The minimum Gasteiger partial charge on any atom is -0.453 e. The predicted molar refractivity (Wildman–Crippen MR) is 85.7 cm³/mol. The first-order valence-electron chi connectivity index (χ1n) is 6.91. The van der Waals surface area contributed by atoms with E-state index in [1.165, 1.54) is 25.4 Å². The fourth-order valence-electron chi connectivity index (χ4n) is 1.77. The smallest absolute Gasteiger partial charge is 0.412 e. The van der Waals surface area contributed by atoms with Gasteiger partial charge in [0.15, 0.2) is 5.82 Å². The normalized spacial score (nSPS) is 11.0. The second kappa shape index (κ2) is 7.72. The van der Waals surface area contributed by atoms with Gasteiger partial charge in [-0.1, -0.05) is 12.1 Å². The number of benzene rings is 1. The van der Waals surface area contributed by atoms with E-state index in [1.54, 1.807) is 12.1 Å². The largest absolute Gasteiger partial charge is 0.453 e. The summed E-state index contributed by atoms with van der Waals surface area (Å²) in [5.74, 6) is -0.214. The number of hydrogen-bond donors (Lipinski definition) is 3. The number of hydrogen-bond acceptors (Lipinski definition) is 7. The molecule has 2 aromatic rings. The molecule has 0 bridgehead atoms. The summed E-state index contributed by atoms with van der Waals surface area (Å²) in [6, 6.07) is 5.81. The van der Waals surface area contributed by atoms with Gasteiger partial charge in [-0.15, -0.1) is 5.10 Å². The van der Waals surface area contributed by atoms with Crippen LogP contribution in [0.4, 0.5) is 10.6 Å². The molecule has 0 spiro atoms. The van der Waals surface area contributed by atoms with Crippen molar-refractivity contribution in [2.45, 2.75) is 18.0 Å². The van der Waals surface area contributed by atoms with Crippen molar-refractivity contribution < 1.29 is 22.7 Å². The number of sulfonamides is 1. The third-order valence-corrected chi connectivity index (χ3v) is 3.91. The molecule has 1 aromatic heterocycles. The fraction of sp³-hybridized carbons (Fsp3) is 0.231. The van der Waals surface area contributed by atoms with Gasteiger partial charge in [-0.2, -0.15) is 9.90 Å². The molecule has 11 nitrogen and oxygen atoms in total. The average molecular weight is 368 g/mol. The Bertz CT molecular complexity index is 861. The maximum absolute atomic E-state index is 11.9. The molecule has 25 heavy (non-hydrogen) atoms. The first kappa shape index (κ1) is 18.4. The van der Waals surface area contributed by atoms with Crippen molar-refractivity contribution in [2.75, 3.05) is 12.4 Å². The summed E-state index contributed by atoms with van der Waals surface area (Å²) in [5.41, 5.74) is 0.697. The molecule has 0 saturated heterocycles. The van der Waals surface area contributed by atoms with E-state index in [2.05, 4.69) is 25.6 Å². The van der Waals surface area contributed by atoms with Crippen molar-refractivity contribution in [2.24, 2.45) is 5.14 Å². The number of carbonyl (C=O) groups is 2. The highest BCUT2D eigenvalue weighted by Crippen LogP contribution is 2.08. The molecule has 2 amide bonds. The molecule has 1 aromatic carbocycles. The second-order valence-electron chi connectivity index (χ2n) is 4.84. The summed E-state index contributed by atoms with van der Waals surface area (Å²) in [7, 11) is -2.53. The van der Waals surface area contributed by atoms with Crippen LogP contribution in [-0.2, 0) is 32.6 Å². The number of rotatable bonds is 6. The van der Waals surface area contributed by atoms with Crippen molar-refractivity contribution >= 4 is 27.8 Å². The van der Waals surface area contributed by atoms with Gasteiger partial charge >= 0.3 is 6.09 Å². The molecule has 0 aliphatic rings. The number of nitrogens with one attached hydrogen (secondary N) is 2. The lowest BCUT2D eigenvalue weighted by molar-refractivity contribution is -0.122. The molecule has 134 valence electrons. The van der Waals surface area contributed by atoms with Gasteiger partial charge in [0, 0.05) is 6.54 Å². The fourth-order valence-corrected chi connectivity index (χ4v) is 2.28. The van der Waals surface area contributed by atoms with Crippen molar-refractivity contribution in [3.8, 4) is 0 Å². The molecule has 4 N–H and O–H groups in total. The van der Waals surface area contributed by atoms with E-state index in [1.807, 2.05) is 0 Å². The molecule has 0 aliphatic heterocycles. The van der Waals surface area contributed by atoms with E-state index in [4.69, 9.17) is 5.14 Å². The Balaban J connectivity index is 1.85. The zero-order valence-electron chi connectivity index (χ0n) is 13.2. The van der Waals surface area contributed by atoms with Gasteiger partial charge < -0.3 is 10.1 Å². The van der Waals surface area contributed by atoms with E-state index < -0.39 is 16.1 Å². The molecule has 12 heteroatoms. The number of amides is 2. The van der Waals surface area contributed by atoms with Crippen LogP contribution in [0.25, 0.3) is 0 Å². The predicted octanol–water partition coefficient (Wildman–Crippen LogP) is -0.580. The van der Waals surface area contributed by atoms with Crippen LogP contribution in [-0.4, -0.2) is 42.5 Å². The van der Waals surface area contributed by atoms with Crippen LogP contribution in [0.15, 0.2) is 35.4 Å². The van der Waals surface area contributed by atoms with Crippen molar-refractivity contribution in [1.82, 2.24) is 20.3 Å². The Kier molecular flexibility index (Phi) is 5.67. The molecule has 1 heterocycles. The third kappa shape index (κ3) is 5.54. The van der Waals surface area contributed by atoms with Crippen LogP contribution < -0.4 is 15.8 Å². The van der Waals surface area contributed by atoms with Crippen molar-refractivity contribution in [3.05, 3.63) is 36.0 Å². The Hall–Kier alpha value is -2.99. The maximum atomic E-state index is 11.9. The Labute approximate surface area is 143 Å². The second-order valence-corrected chi connectivity index (χ2v) is 6.40. The summed E-state index contributed by atoms with van der Waals surface area (Å²) >= 11 is 0. The summed E-state index contributed by atoms with van der Waals surface area (Å²) in [5, 5.41) is 17.7. The molecule has 0 saturated carbocycles. The maximum Gasteiger partial charge on any atom is 0.412 e. The van der Waals surface area contributed by atoms with Crippen LogP contribution in [0.1, 0.15) is 5.56 Å². The summed E-state index contributed by atoms with van der Waals surface area (Å²) in [4.78, 5) is 24.0. The van der Waals surface area contributed by atoms with Gasteiger partial charge in [0.05, 0.1) is 18.2 Å². The number of aromatic nitrogens is 3. The highest BCUT2D eigenvalue weighted by atomic mass is 32.2. The van der Waals surface area contributed by atoms with E-state index in [0.29, 0.717) is 5.56 Å². The molecule has 0 fully saturated rings. The van der Waals surface area contributed by atoms with Gasteiger partial charge in [-0.05, 0) is 17.7 Å². The summed E-state index contributed by atoms with van der Waals surface area (Å²) < 4.78 is 26.7. The lowest BCUT2D eigenvalue weighted by atomic mass is 10.2. The Morgan fingerprint density at radius 2 is 1.96 bits per heavy atom. The minimum atomic E-state index is -3.75. The molecular formula is C13H16N6O5S. The van der Waals surface area contributed by atoms with Gasteiger partial charge in [-0.3, -0.25) is 10.1 Å². The molecule has 0 unspecified atom stereocenters. The average Bonchev–Trinajstić information content (AvgIpc) is 2.99. The minimum absolute atomic E-state index is 0.00560. The van der Waals surface area contributed by atoms with Crippen molar-refractivity contribution in [3.63, 3.8) is 0 Å². The van der Waals surface area contributed by atoms with Gasteiger partial charge in [0.2, 0.25) is 15.9 Å². The monoisotopic (exact) mass is 368 g/mol. The number of anilines is 1. The molecule has 0 atom stereocenters. The van der Waals surface area contributed by atoms with Crippen LogP contribution in [0, 0.1) is 0 Å². The van der Waals surface area contributed by atoms with Gasteiger partial charge in [0.1, 0.15) is 6.54 Å². The highest BCUT2D eigenvalue weighted by Gasteiger charge is 2.10. The SMILES string of the molecule is COC(=O)Nc1cnn(CC(=O)NCc2ccc(S(N)(=O)=O)cc2)n1. The third-order valence-electron chi connectivity index (χ3n) is 2.98. The van der Waals surface area contributed by atoms with Crippen molar-refractivity contribution in [1.29, 1.82) is 0 Å². The molecule has 2 rings (SSSR count). The highest BCUT2D eigenvalue weighted by molar-refractivity contribution is 7.89.